The molecule has 0 aliphatic carbocycles. The Morgan fingerprint density at radius 3 is 2.42 bits per heavy atom. The highest BCUT2D eigenvalue weighted by atomic mass is 35.5. The fraction of sp³-hybridized carbons (Fsp3) is 0.435. The van der Waals surface area contributed by atoms with Crippen LogP contribution in [0.4, 0.5) is 0 Å². The fourth-order valence-corrected chi connectivity index (χ4v) is 3.28. The topological polar surface area (TPSA) is 74.2 Å². The summed E-state index contributed by atoms with van der Waals surface area (Å²) in [5.74, 6) is 0.394. The number of halogens is 2. The highest BCUT2D eigenvalue weighted by Gasteiger charge is 2.24. The van der Waals surface area contributed by atoms with E-state index in [0.717, 1.165) is 0 Å². The highest BCUT2D eigenvalue weighted by molar-refractivity contribution is 6.35. The predicted octanol–water partition coefficient (Wildman–Crippen LogP) is 5.45. The number of carbonyl (C=O) groups excluding carboxylic acids is 1. The van der Waals surface area contributed by atoms with Gasteiger partial charge in [-0.15, -0.1) is 0 Å². The average Bonchev–Trinajstić information content (AvgIpc) is 2.71. The van der Waals surface area contributed by atoms with E-state index in [2.05, 4.69) is 0 Å². The Labute approximate surface area is 193 Å². The molecule has 0 amide bonds. The minimum atomic E-state index is -0.807. The van der Waals surface area contributed by atoms with Gasteiger partial charge in [0.25, 0.3) is 0 Å². The van der Waals surface area contributed by atoms with Gasteiger partial charge in [0.1, 0.15) is 5.75 Å². The van der Waals surface area contributed by atoms with E-state index in [0.29, 0.717) is 46.7 Å². The van der Waals surface area contributed by atoms with Crippen LogP contribution in [0, 0.1) is 0 Å². The molecule has 0 aliphatic rings. The Bertz CT molecular complexity index is 856. The number of benzene rings is 2. The number of ether oxygens (including phenoxy) is 4. The van der Waals surface area contributed by atoms with Crippen LogP contribution in [0.25, 0.3) is 0 Å². The van der Waals surface area contributed by atoms with Crippen molar-refractivity contribution in [2.24, 2.45) is 0 Å². The second-order valence-corrected chi connectivity index (χ2v) is 7.86. The van der Waals surface area contributed by atoms with E-state index in [1.807, 2.05) is 13.8 Å². The lowest BCUT2D eigenvalue weighted by Crippen LogP contribution is -2.31. The lowest BCUT2D eigenvalue weighted by molar-refractivity contribution is -0.159. The van der Waals surface area contributed by atoms with Gasteiger partial charge in [0.05, 0.1) is 30.9 Å². The summed E-state index contributed by atoms with van der Waals surface area (Å²) in [6.07, 6.45) is -0.216. The quantitative estimate of drug-likeness (QED) is 0.328. The van der Waals surface area contributed by atoms with Crippen molar-refractivity contribution in [3.8, 4) is 17.2 Å². The zero-order chi connectivity index (χ0) is 22.8. The van der Waals surface area contributed by atoms with Gasteiger partial charge in [-0.2, -0.15) is 0 Å². The molecule has 0 aliphatic heterocycles. The molecule has 0 fully saturated rings. The lowest BCUT2D eigenvalue weighted by Gasteiger charge is -2.20. The number of phenols is 1. The van der Waals surface area contributed by atoms with Crippen molar-refractivity contribution >= 4 is 29.2 Å². The Morgan fingerprint density at radius 1 is 1.06 bits per heavy atom. The number of esters is 1. The minimum absolute atomic E-state index is 0.0224. The molecule has 170 valence electrons. The van der Waals surface area contributed by atoms with Crippen LogP contribution in [-0.2, 0) is 20.7 Å². The molecule has 2 aromatic carbocycles. The van der Waals surface area contributed by atoms with E-state index in [1.165, 1.54) is 0 Å². The van der Waals surface area contributed by atoms with Gasteiger partial charge in [-0.25, -0.2) is 4.79 Å². The van der Waals surface area contributed by atoms with Crippen LogP contribution >= 0.6 is 23.2 Å². The van der Waals surface area contributed by atoms with Crippen LogP contribution in [0.3, 0.4) is 0 Å². The second-order valence-electron chi connectivity index (χ2n) is 7.02. The van der Waals surface area contributed by atoms with Gasteiger partial charge >= 0.3 is 5.97 Å². The third-order valence-electron chi connectivity index (χ3n) is 4.17. The maximum Gasteiger partial charge on any atom is 0.335 e. The molecule has 31 heavy (non-hydrogen) atoms. The first-order chi connectivity index (χ1) is 14.8. The molecule has 1 N–H and O–H groups in total. The van der Waals surface area contributed by atoms with Crippen LogP contribution < -0.4 is 9.47 Å². The highest BCUT2D eigenvalue weighted by Crippen LogP contribution is 2.31. The molecule has 8 heteroatoms. The first-order valence-electron chi connectivity index (χ1n) is 10.1. The zero-order valence-electron chi connectivity index (χ0n) is 17.9. The molecule has 2 aromatic rings. The minimum Gasteiger partial charge on any atom is -0.504 e. The zero-order valence-corrected chi connectivity index (χ0v) is 19.4. The monoisotopic (exact) mass is 470 g/mol. The predicted molar refractivity (Wildman–Crippen MR) is 121 cm³/mol. The maximum atomic E-state index is 12.2. The summed E-state index contributed by atoms with van der Waals surface area (Å²) in [6, 6.07) is 10.2. The van der Waals surface area contributed by atoms with Gasteiger partial charge in [-0.1, -0.05) is 35.3 Å². The number of hydrogen-bond donors (Lipinski definition) is 1. The van der Waals surface area contributed by atoms with Crippen molar-refractivity contribution < 1.29 is 28.8 Å². The van der Waals surface area contributed by atoms with Crippen molar-refractivity contribution in [3.63, 3.8) is 0 Å². The van der Waals surface area contributed by atoms with Crippen LogP contribution in [0.15, 0.2) is 36.4 Å². The number of rotatable bonds is 12. The SMILES string of the molecule is CCOC(=O)C(Cc1cccc(OCCCOc2ccc(Cl)cc2Cl)c1O)OC(C)C. The third kappa shape index (κ3) is 8.13. The van der Waals surface area contributed by atoms with E-state index >= 15 is 0 Å². The molecule has 0 bridgehead atoms. The molecule has 0 aromatic heterocycles. The molecule has 0 saturated carbocycles. The molecule has 2 rings (SSSR count). The third-order valence-corrected chi connectivity index (χ3v) is 4.70. The Morgan fingerprint density at radius 2 is 1.77 bits per heavy atom. The van der Waals surface area contributed by atoms with Crippen molar-refractivity contribution in [2.75, 3.05) is 19.8 Å². The second kappa shape index (κ2) is 12.6. The summed E-state index contributed by atoms with van der Waals surface area (Å²) >= 11 is 11.9. The van der Waals surface area contributed by atoms with Gasteiger partial charge in [0.15, 0.2) is 17.6 Å². The Hall–Kier alpha value is -2.15. The molecular formula is C23H28Cl2O6. The molecule has 1 unspecified atom stereocenters. The molecular weight excluding hydrogens is 443 g/mol. The maximum absolute atomic E-state index is 12.2. The number of carbonyl (C=O) groups is 1. The number of para-hydroxylation sites is 1. The van der Waals surface area contributed by atoms with E-state index in [-0.39, 0.29) is 24.9 Å². The van der Waals surface area contributed by atoms with E-state index < -0.39 is 12.1 Å². The average molecular weight is 471 g/mol. The van der Waals surface area contributed by atoms with Gasteiger partial charge in [0, 0.05) is 23.4 Å². The molecule has 1 atom stereocenters. The van der Waals surface area contributed by atoms with Gasteiger partial charge in [-0.05, 0) is 45.0 Å². The van der Waals surface area contributed by atoms with Crippen LogP contribution in [0.2, 0.25) is 10.0 Å². The Balaban J connectivity index is 1.91. The molecule has 0 spiro atoms. The van der Waals surface area contributed by atoms with Crippen molar-refractivity contribution in [2.45, 2.75) is 45.8 Å². The summed E-state index contributed by atoms with van der Waals surface area (Å²) < 4.78 is 22.1. The number of hydrogen-bond acceptors (Lipinski definition) is 6. The smallest absolute Gasteiger partial charge is 0.335 e. The first kappa shape index (κ1) is 25.1. The fourth-order valence-electron chi connectivity index (χ4n) is 2.81. The number of phenolic OH excluding ortho intramolecular Hbond substituents is 1. The molecule has 6 nitrogen and oxygen atoms in total. The van der Waals surface area contributed by atoms with Gasteiger partial charge < -0.3 is 24.1 Å². The van der Waals surface area contributed by atoms with Crippen molar-refractivity contribution in [1.29, 1.82) is 0 Å². The molecule has 0 saturated heterocycles. The Kier molecular flexibility index (Phi) is 10.2. The van der Waals surface area contributed by atoms with Crippen molar-refractivity contribution in [1.82, 2.24) is 0 Å². The lowest BCUT2D eigenvalue weighted by atomic mass is 10.1. The summed E-state index contributed by atoms with van der Waals surface area (Å²) in [4.78, 5) is 12.2. The van der Waals surface area contributed by atoms with Crippen LogP contribution in [0.1, 0.15) is 32.8 Å². The molecule has 0 heterocycles. The van der Waals surface area contributed by atoms with E-state index in [4.69, 9.17) is 42.1 Å². The molecule has 0 radical (unpaired) electrons. The summed E-state index contributed by atoms with van der Waals surface area (Å²) in [5, 5.41) is 11.6. The summed E-state index contributed by atoms with van der Waals surface area (Å²) in [6.45, 7) is 6.38. The summed E-state index contributed by atoms with van der Waals surface area (Å²) in [7, 11) is 0. The largest absolute Gasteiger partial charge is 0.504 e. The van der Waals surface area contributed by atoms with E-state index in [1.54, 1.807) is 43.3 Å². The van der Waals surface area contributed by atoms with Gasteiger partial charge in [0.2, 0.25) is 0 Å². The number of aromatic hydroxyl groups is 1. The van der Waals surface area contributed by atoms with E-state index in [9.17, 15) is 9.90 Å². The standard InChI is InChI=1S/C23H28Cl2O6/c1-4-28-23(27)21(31-15(2)3)13-16-7-5-8-20(22(16)26)30-12-6-11-29-19-10-9-17(24)14-18(19)25/h5,7-10,14-15,21,26H,4,6,11-13H2,1-3H3. The van der Waals surface area contributed by atoms with Crippen LogP contribution in [-0.4, -0.2) is 43.1 Å². The van der Waals surface area contributed by atoms with Gasteiger partial charge in [-0.3, -0.25) is 0 Å². The van der Waals surface area contributed by atoms with Crippen LogP contribution in [0.5, 0.6) is 17.2 Å². The first-order valence-corrected chi connectivity index (χ1v) is 10.9. The summed E-state index contributed by atoms with van der Waals surface area (Å²) in [5.41, 5.74) is 0.542. The van der Waals surface area contributed by atoms with Crippen molar-refractivity contribution in [3.05, 3.63) is 52.0 Å². The normalized spacial score (nSPS) is 11.9.